The van der Waals surface area contributed by atoms with Crippen molar-refractivity contribution in [1.82, 2.24) is 19.6 Å². The lowest BCUT2D eigenvalue weighted by Gasteiger charge is -2.39. The monoisotopic (exact) mass is 272 g/mol. The third-order valence-corrected chi connectivity index (χ3v) is 4.13. The van der Waals surface area contributed by atoms with Crippen LogP contribution >= 0.6 is 0 Å². The van der Waals surface area contributed by atoms with Crippen molar-refractivity contribution in [2.45, 2.75) is 45.3 Å². The van der Waals surface area contributed by atoms with Gasteiger partial charge in [0.15, 0.2) is 0 Å². The van der Waals surface area contributed by atoms with Gasteiger partial charge in [-0.3, -0.25) is 4.90 Å². The van der Waals surface area contributed by atoms with Crippen LogP contribution in [0.1, 0.15) is 32.4 Å². The Morgan fingerprint density at radius 3 is 3.10 bits per heavy atom. The quantitative estimate of drug-likeness (QED) is 0.927. The Morgan fingerprint density at radius 2 is 2.30 bits per heavy atom. The van der Waals surface area contributed by atoms with Gasteiger partial charge in [-0.25, -0.2) is 4.98 Å². The maximum absolute atomic E-state index is 4.73. The summed E-state index contributed by atoms with van der Waals surface area (Å²) < 4.78 is 2.11. The van der Waals surface area contributed by atoms with Gasteiger partial charge < -0.3 is 9.72 Å². The van der Waals surface area contributed by atoms with Gasteiger partial charge in [-0.15, -0.1) is 0 Å². The number of pyridine rings is 1. The molecule has 1 N–H and O–H groups in total. The minimum atomic E-state index is 0.570. The van der Waals surface area contributed by atoms with Gasteiger partial charge in [0.1, 0.15) is 5.65 Å². The zero-order chi connectivity index (χ0) is 13.9. The number of aromatic nitrogens is 2. The van der Waals surface area contributed by atoms with E-state index < -0.39 is 0 Å². The van der Waals surface area contributed by atoms with Crippen LogP contribution in [0.5, 0.6) is 0 Å². The molecule has 2 atom stereocenters. The first-order valence-corrected chi connectivity index (χ1v) is 7.66. The van der Waals surface area contributed by atoms with Crippen LogP contribution in [0.4, 0.5) is 0 Å². The standard InChI is InChI=1S/C16H24N4/c1-3-6-15-9-17-13(2)10-20(15)12-14-11-19-8-5-4-7-16(19)18-14/h4-5,7-8,11,13,15,17H,3,6,9-10,12H2,1-2H3. The van der Waals surface area contributed by atoms with Gasteiger partial charge >= 0.3 is 0 Å². The highest BCUT2D eigenvalue weighted by molar-refractivity contribution is 5.39. The van der Waals surface area contributed by atoms with Crippen molar-refractivity contribution in [1.29, 1.82) is 0 Å². The molecule has 108 valence electrons. The molecule has 3 heterocycles. The molecule has 0 aromatic carbocycles. The fourth-order valence-electron chi connectivity index (χ4n) is 3.11. The van der Waals surface area contributed by atoms with Crippen molar-refractivity contribution in [3.63, 3.8) is 0 Å². The summed E-state index contributed by atoms with van der Waals surface area (Å²) in [5.41, 5.74) is 2.21. The Balaban J connectivity index is 1.76. The van der Waals surface area contributed by atoms with Crippen LogP contribution in [0.2, 0.25) is 0 Å². The predicted molar refractivity (Wildman–Crippen MR) is 81.8 cm³/mol. The molecule has 2 aromatic rings. The number of piperazine rings is 1. The SMILES string of the molecule is CCCC1CNC(C)CN1Cc1cn2ccccc2n1. The molecule has 1 aliphatic heterocycles. The zero-order valence-electron chi connectivity index (χ0n) is 12.4. The number of hydrogen-bond acceptors (Lipinski definition) is 3. The van der Waals surface area contributed by atoms with E-state index in [2.05, 4.69) is 46.9 Å². The molecule has 4 nitrogen and oxygen atoms in total. The summed E-state index contributed by atoms with van der Waals surface area (Å²) in [5.74, 6) is 0. The predicted octanol–water partition coefficient (Wildman–Crippen LogP) is 2.30. The van der Waals surface area contributed by atoms with E-state index in [1.165, 1.54) is 18.5 Å². The van der Waals surface area contributed by atoms with Gasteiger partial charge in [0.05, 0.1) is 5.69 Å². The fourth-order valence-corrected chi connectivity index (χ4v) is 3.11. The first kappa shape index (κ1) is 13.6. The van der Waals surface area contributed by atoms with Gasteiger partial charge in [0.2, 0.25) is 0 Å². The molecule has 0 amide bonds. The highest BCUT2D eigenvalue weighted by atomic mass is 15.2. The minimum absolute atomic E-state index is 0.570. The van der Waals surface area contributed by atoms with Crippen LogP contribution in [0.25, 0.3) is 5.65 Å². The van der Waals surface area contributed by atoms with Gasteiger partial charge in [-0.1, -0.05) is 19.4 Å². The number of imidazole rings is 1. The maximum atomic E-state index is 4.73. The van der Waals surface area contributed by atoms with E-state index in [1.54, 1.807) is 0 Å². The topological polar surface area (TPSA) is 32.6 Å². The van der Waals surface area contributed by atoms with Crippen molar-refractivity contribution < 1.29 is 0 Å². The summed E-state index contributed by atoms with van der Waals surface area (Å²) in [6.45, 7) is 7.69. The van der Waals surface area contributed by atoms with E-state index in [-0.39, 0.29) is 0 Å². The molecule has 2 unspecified atom stereocenters. The molecule has 1 aliphatic rings. The molecule has 0 bridgehead atoms. The average molecular weight is 272 g/mol. The van der Waals surface area contributed by atoms with E-state index in [0.29, 0.717) is 12.1 Å². The zero-order valence-corrected chi connectivity index (χ0v) is 12.4. The highest BCUT2D eigenvalue weighted by Gasteiger charge is 2.25. The van der Waals surface area contributed by atoms with Gasteiger partial charge in [0, 0.05) is 44.1 Å². The van der Waals surface area contributed by atoms with Gasteiger partial charge in [-0.2, -0.15) is 0 Å². The molecule has 2 aromatic heterocycles. The number of fused-ring (bicyclic) bond motifs is 1. The summed E-state index contributed by atoms with van der Waals surface area (Å²) in [7, 11) is 0. The molecule has 20 heavy (non-hydrogen) atoms. The summed E-state index contributed by atoms with van der Waals surface area (Å²) >= 11 is 0. The van der Waals surface area contributed by atoms with E-state index in [4.69, 9.17) is 4.98 Å². The molecule has 1 fully saturated rings. The number of nitrogens with one attached hydrogen (secondary N) is 1. The summed E-state index contributed by atoms with van der Waals surface area (Å²) in [5, 5.41) is 3.59. The molecule has 0 aliphatic carbocycles. The molecule has 1 saturated heterocycles. The Morgan fingerprint density at radius 1 is 1.40 bits per heavy atom. The fraction of sp³-hybridized carbons (Fsp3) is 0.562. The third-order valence-electron chi connectivity index (χ3n) is 4.13. The van der Waals surface area contributed by atoms with E-state index >= 15 is 0 Å². The van der Waals surface area contributed by atoms with Crippen molar-refractivity contribution in [2.75, 3.05) is 13.1 Å². The smallest absolute Gasteiger partial charge is 0.137 e. The second-order valence-corrected chi connectivity index (χ2v) is 5.88. The number of nitrogens with zero attached hydrogens (tertiary/aromatic N) is 3. The Hall–Kier alpha value is -1.39. The minimum Gasteiger partial charge on any atom is -0.311 e. The highest BCUT2D eigenvalue weighted by Crippen LogP contribution is 2.16. The molecule has 0 saturated carbocycles. The van der Waals surface area contributed by atoms with Crippen LogP contribution in [0.3, 0.4) is 0 Å². The molecule has 0 spiro atoms. The molecular formula is C16H24N4. The molecule has 4 heteroatoms. The summed E-state index contributed by atoms with van der Waals surface area (Å²) in [6, 6.07) is 7.36. The lowest BCUT2D eigenvalue weighted by molar-refractivity contribution is 0.119. The first-order valence-electron chi connectivity index (χ1n) is 7.66. The van der Waals surface area contributed by atoms with Crippen molar-refractivity contribution in [3.05, 3.63) is 36.3 Å². The lowest BCUT2D eigenvalue weighted by atomic mass is 10.1. The van der Waals surface area contributed by atoms with Gasteiger partial charge in [-0.05, 0) is 25.5 Å². The first-order chi connectivity index (χ1) is 9.76. The van der Waals surface area contributed by atoms with Gasteiger partial charge in [0.25, 0.3) is 0 Å². The van der Waals surface area contributed by atoms with Crippen molar-refractivity contribution in [2.24, 2.45) is 0 Å². The molecule has 0 radical (unpaired) electrons. The second-order valence-electron chi connectivity index (χ2n) is 5.88. The Labute approximate surface area is 120 Å². The van der Waals surface area contributed by atoms with Crippen LogP contribution < -0.4 is 5.32 Å². The van der Waals surface area contributed by atoms with Crippen molar-refractivity contribution in [3.8, 4) is 0 Å². The summed E-state index contributed by atoms with van der Waals surface area (Å²) in [4.78, 5) is 7.32. The lowest BCUT2D eigenvalue weighted by Crippen LogP contribution is -2.54. The van der Waals surface area contributed by atoms with Crippen LogP contribution in [-0.2, 0) is 6.54 Å². The van der Waals surface area contributed by atoms with E-state index in [0.717, 1.165) is 25.3 Å². The second kappa shape index (κ2) is 5.94. The Kier molecular flexibility index (Phi) is 4.03. The third kappa shape index (κ3) is 2.86. The van der Waals surface area contributed by atoms with Crippen molar-refractivity contribution >= 4 is 5.65 Å². The van der Waals surface area contributed by atoms with E-state index in [9.17, 15) is 0 Å². The maximum Gasteiger partial charge on any atom is 0.137 e. The average Bonchev–Trinajstić information content (AvgIpc) is 2.84. The molecule has 3 rings (SSSR count). The number of hydrogen-bond donors (Lipinski definition) is 1. The Bertz CT molecular complexity index is 529. The molecular weight excluding hydrogens is 248 g/mol. The van der Waals surface area contributed by atoms with Crippen LogP contribution in [0, 0.1) is 0 Å². The normalized spacial score (nSPS) is 24.3. The number of rotatable bonds is 4. The van der Waals surface area contributed by atoms with Crippen LogP contribution in [-0.4, -0.2) is 39.5 Å². The largest absolute Gasteiger partial charge is 0.311 e. The van der Waals surface area contributed by atoms with E-state index in [1.807, 2.05) is 12.1 Å². The summed E-state index contributed by atoms with van der Waals surface area (Å²) in [6.07, 6.45) is 6.72. The van der Waals surface area contributed by atoms with Crippen LogP contribution in [0.15, 0.2) is 30.6 Å².